The molecule has 6 fully saturated rings. The number of nitrogens with zero attached hydrogens (tertiary/aromatic N) is 2. The summed E-state index contributed by atoms with van der Waals surface area (Å²) >= 11 is 14.0. The number of aliphatic hydroxyl groups is 1. The number of allylic oxidation sites excluding steroid dienone is 4. The minimum atomic E-state index is -1.85. The molecule has 680 valence electrons. The zero-order valence-electron chi connectivity index (χ0n) is 72.4. The highest BCUT2D eigenvalue weighted by atomic mass is 35.5. The molecule has 0 radical (unpaired) electrons. The predicted molar refractivity (Wildman–Crippen MR) is 470 cm³/mol. The molecule has 11 N–H and O–H groups in total. The van der Waals surface area contributed by atoms with E-state index in [4.69, 9.17) is 62.1 Å². The summed E-state index contributed by atoms with van der Waals surface area (Å²) in [6.45, 7) is 13.0. The maximum atomic E-state index is 16.3. The predicted octanol–water partition coefficient (Wildman–Crippen LogP) is 12.7. The summed E-state index contributed by atoms with van der Waals surface area (Å²) in [5.41, 5.74) is 4.53. The Hall–Kier alpha value is -8.97. The number of likely N-dealkylation sites (tertiary alicyclic amines) is 1. The van der Waals surface area contributed by atoms with Crippen LogP contribution in [0.5, 0.6) is 5.75 Å². The van der Waals surface area contributed by atoms with Gasteiger partial charge in [-0.25, -0.2) is 23.2 Å². The summed E-state index contributed by atoms with van der Waals surface area (Å²) in [5, 5.41) is 46.7. The monoisotopic (exact) mass is 1790 g/mol. The van der Waals surface area contributed by atoms with Crippen molar-refractivity contribution in [2.75, 3.05) is 109 Å². The number of methoxy groups -OCH3 is 1. The fraction of sp³-hybridized carbons (Fsp3) is 0.587. The number of hydrogen-bond donors (Lipinski definition) is 10. The SMILES string of the molecule is COc1cc(C(=O)NCCOCCOCCOCCOCCC(=O)N[C@@H](CCSC)C(=O)N[C@@H](CCCNC(N)=O)C(=O)Nc2ccc(COC(=O)N3CCC(NC(=O)O[C@H]4CC[C@]5(C)C6CC[C@]7(C)[C@@H](C8=CCC(=O)C=C8)CC[C@]7(O)C6CC[C@@H]5C4)CC3)cc2)ccc1NC(=O)[C@@H]1N[C@@H](CC(C)(C)C)[C@](C#N)(c2ccc(Cl)cc2F)[C@H]1c1cccc(Cl)c1F. The molecule has 2 aliphatic heterocycles. The molecule has 5 aliphatic carbocycles. The number of primary amides is 1. The molecule has 2 heterocycles. The number of halogens is 4. The van der Waals surface area contributed by atoms with Crippen molar-refractivity contribution in [3.63, 3.8) is 0 Å². The number of ether oxygens (including phenoxy) is 7. The lowest BCUT2D eigenvalue weighted by Crippen LogP contribution is -2.62. The van der Waals surface area contributed by atoms with Gasteiger partial charge in [-0.15, -0.1) is 0 Å². The van der Waals surface area contributed by atoms with E-state index in [0.717, 1.165) is 63.9 Å². The minimum absolute atomic E-state index is 0.0298. The molecule has 28 nitrogen and oxygen atoms in total. The second kappa shape index (κ2) is 44.2. The molecular weight excluding hydrogens is 1670 g/mol. The minimum Gasteiger partial charge on any atom is -0.495 e. The summed E-state index contributed by atoms with van der Waals surface area (Å²) < 4.78 is 72.4. The summed E-state index contributed by atoms with van der Waals surface area (Å²) in [7, 11) is 1.36. The number of carbonyl (C=O) groups is 9. The molecule has 7 aliphatic rings. The van der Waals surface area contributed by atoms with Gasteiger partial charge in [0.05, 0.1) is 88.4 Å². The number of urea groups is 1. The molecule has 0 bridgehead atoms. The van der Waals surface area contributed by atoms with Gasteiger partial charge in [-0.2, -0.15) is 17.0 Å². The van der Waals surface area contributed by atoms with Gasteiger partial charge in [0.2, 0.25) is 23.6 Å². The van der Waals surface area contributed by atoms with Gasteiger partial charge < -0.3 is 91.4 Å². The van der Waals surface area contributed by atoms with E-state index in [9.17, 15) is 53.5 Å². The number of amides is 9. The topological polar surface area (TPSA) is 388 Å². The standard InChI is InChI=1S/C92H121Cl2F2N11O17S/c1-88(2,3)53-76-91(55-97,69-25-19-60(93)52-71(69)95)78(65-10-8-11-70(94)79(65)96)80(106-76)84(113)104-72-26-17-58(50-75(72)118-6)81(110)99-38-42-120-44-46-122-48-47-121-45-43-119-41-32-77(109)103-74(33-49-125-7)83(112)105-73(12-9-37-100-85(98)114)82(111)101-61-20-13-56(14-21-61)54-123-87(116)107-39-30-62(31-40-107)102-86(115)124-64-27-34-89(4)59(51-64)18-24-68-67(89)28-35-90(5)66(29-36-92(68,90)117)57-15-22-63(108)23-16-57/h8,10-11,13-17,19-22,25-26,50,52,59,62,64,66-68,73-74,76,78,80,106,117H,9,12,18,23-24,27-49,51,53-54H2,1-7H3,(H,99,110)(H,101,111)(H,102,115)(H,103,109)(H,104,113)(H,105,112)(H3,98,100,114)/t59-,64+,66-,67?,68?,73+,74+,76+,78+,80-,89+,90-,91+,92+/m1/s1. The van der Waals surface area contributed by atoms with Gasteiger partial charge in [0.25, 0.3) is 5.91 Å². The molecule has 125 heavy (non-hydrogen) atoms. The van der Waals surface area contributed by atoms with Crippen LogP contribution in [-0.2, 0) is 64.4 Å². The van der Waals surface area contributed by atoms with Crippen LogP contribution in [0.25, 0.3) is 0 Å². The van der Waals surface area contributed by atoms with Crippen LogP contribution in [0, 0.1) is 62.9 Å². The van der Waals surface area contributed by atoms with Crippen LogP contribution in [0.2, 0.25) is 10.0 Å². The van der Waals surface area contributed by atoms with E-state index in [-0.39, 0.29) is 183 Å². The molecule has 14 atom stereocenters. The van der Waals surface area contributed by atoms with Gasteiger partial charge in [-0.05, 0) is 214 Å². The summed E-state index contributed by atoms with van der Waals surface area (Å²) in [6, 6.07) is 16.4. The normalized spacial score (nSPS) is 25.7. The van der Waals surface area contributed by atoms with E-state index in [1.54, 1.807) is 35.2 Å². The van der Waals surface area contributed by atoms with Crippen molar-refractivity contribution in [3.8, 4) is 11.8 Å². The van der Waals surface area contributed by atoms with E-state index in [1.165, 1.54) is 73.0 Å². The van der Waals surface area contributed by atoms with Crippen LogP contribution >= 0.6 is 35.0 Å². The quantitative estimate of drug-likeness (QED) is 0.0186. The maximum absolute atomic E-state index is 16.3. The molecule has 33 heteroatoms. The van der Waals surface area contributed by atoms with Crippen LogP contribution in [0.3, 0.4) is 0 Å². The number of carbonyl (C=O) groups excluding carboxylic acids is 9. The average Bonchev–Trinajstić information content (AvgIpc) is 1.59. The highest BCUT2D eigenvalue weighted by molar-refractivity contribution is 7.98. The number of alkyl carbamates (subject to hydrolysis) is 1. The molecule has 2 saturated heterocycles. The largest absolute Gasteiger partial charge is 0.495 e. The van der Waals surface area contributed by atoms with E-state index < -0.39 is 106 Å². The Morgan fingerprint density at radius 3 is 2.16 bits per heavy atom. The van der Waals surface area contributed by atoms with Crippen molar-refractivity contribution in [1.82, 2.24) is 36.8 Å². The van der Waals surface area contributed by atoms with E-state index >= 15 is 8.78 Å². The molecule has 4 saturated carbocycles. The molecule has 11 rings (SSSR count). The van der Waals surface area contributed by atoms with Crippen molar-refractivity contribution >= 4 is 99.9 Å². The third-order valence-electron chi connectivity index (χ3n) is 26.6. The second-order valence-electron chi connectivity index (χ2n) is 35.6. The van der Waals surface area contributed by atoms with Crippen molar-refractivity contribution in [2.45, 2.75) is 204 Å². The lowest BCUT2D eigenvalue weighted by atomic mass is 9.43. The Morgan fingerprint density at radius 1 is 0.776 bits per heavy atom. The smallest absolute Gasteiger partial charge is 0.410 e. The Balaban J connectivity index is 0.537. The first-order chi connectivity index (χ1) is 59.8. The van der Waals surface area contributed by atoms with Crippen LogP contribution in [0.4, 0.5) is 34.5 Å². The van der Waals surface area contributed by atoms with Crippen LogP contribution in [0.15, 0.2) is 103 Å². The number of rotatable bonds is 39. The van der Waals surface area contributed by atoms with E-state index in [1.807, 2.05) is 33.1 Å². The molecule has 0 spiro atoms. The number of thioether (sulfide) groups is 1. The molecular formula is C92H121Cl2F2N11O17S. The van der Waals surface area contributed by atoms with Crippen LogP contribution in [0.1, 0.15) is 177 Å². The first kappa shape index (κ1) is 96.7. The summed E-state index contributed by atoms with van der Waals surface area (Å²) in [5.74, 6) is -3.69. The first-order valence-corrected chi connectivity index (χ1v) is 45.7. The van der Waals surface area contributed by atoms with Gasteiger partial charge in [0.1, 0.15) is 47.6 Å². The lowest BCUT2D eigenvalue weighted by molar-refractivity contribution is -0.207. The highest BCUT2D eigenvalue weighted by Crippen LogP contribution is 2.70. The molecule has 4 aromatic carbocycles. The van der Waals surface area contributed by atoms with Gasteiger partial charge in [0.15, 0.2) is 5.78 Å². The number of nitrogens with two attached hydrogens (primary N) is 1. The van der Waals surface area contributed by atoms with Gasteiger partial charge in [0, 0.05) is 84.3 Å². The lowest BCUT2D eigenvalue weighted by Gasteiger charge is -2.63. The first-order valence-electron chi connectivity index (χ1n) is 43.5. The van der Waals surface area contributed by atoms with E-state index in [2.05, 4.69) is 68.5 Å². The van der Waals surface area contributed by atoms with Gasteiger partial charge in [-0.3, -0.25) is 28.8 Å². The van der Waals surface area contributed by atoms with Gasteiger partial charge in [-0.1, -0.05) is 100 Å². The number of anilines is 2. The third kappa shape index (κ3) is 24.1. The number of benzene rings is 4. The van der Waals surface area contributed by atoms with Crippen LogP contribution < -0.4 is 53.0 Å². The second-order valence-corrected chi connectivity index (χ2v) is 37.4. The van der Waals surface area contributed by atoms with Crippen molar-refractivity contribution < 1.29 is 90.2 Å². The number of piperidine rings is 1. The third-order valence-corrected chi connectivity index (χ3v) is 27.7. The Morgan fingerprint density at radius 2 is 1.49 bits per heavy atom. The summed E-state index contributed by atoms with van der Waals surface area (Å²) in [4.78, 5) is 121. The van der Waals surface area contributed by atoms with Gasteiger partial charge >= 0.3 is 18.2 Å². The number of nitriles is 1. The number of nitrogens with one attached hydrogen (secondary N) is 8. The number of fused-ring (bicyclic) bond motifs is 5. The van der Waals surface area contributed by atoms with E-state index in [0.29, 0.717) is 61.2 Å². The fourth-order valence-electron chi connectivity index (χ4n) is 20.1. The van der Waals surface area contributed by atoms with Crippen LogP contribution in [-0.4, -0.2) is 204 Å². The van der Waals surface area contributed by atoms with Crippen molar-refractivity contribution in [2.24, 2.45) is 45.7 Å². The highest BCUT2D eigenvalue weighted by Gasteiger charge is 2.68. The molecule has 0 aromatic heterocycles. The molecule has 4 aromatic rings. The zero-order chi connectivity index (χ0) is 89.8. The maximum Gasteiger partial charge on any atom is 0.410 e. The Bertz CT molecular complexity index is 4590. The molecule has 2 unspecified atom stereocenters. The van der Waals surface area contributed by atoms with Crippen molar-refractivity contribution in [1.29, 1.82) is 5.26 Å². The Kier molecular flexibility index (Phi) is 34.2. The fourth-order valence-corrected chi connectivity index (χ4v) is 20.9. The Labute approximate surface area is 744 Å². The average molecular weight is 1790 g/mol. The summed E-state index contributed by atoms with van der Waals surface area (Å²) in [6.07, 6.45) is 17.0. The zero-order valence-corrected chi connectivity index (χ0v) is 74.7. The molecule has 9 amide bonds. The van der Waals surface area contributed by atoms with Crippen molar-refractivity contribution in [3.05, 3.63) is 147 Å². The number of ketones is 1. The number of hydrogen-bond acceptors (Lipinski definition) is 20.